The Morgan fingerprint density at radius 1 is 1.14 bits per heavy atom. The van der Waals surface area contributed by atoms with Crippen LogP contribution in [-0.2, 0) is 14.3 Å². The summed E-state index contributed by atoms with van der Waals surface area (Å²) >= 11 is 0. The van der Waals surface area contributed by atoms with Crippen molar-refractivity contribution in [1.82, 2.24) is 0 Å². The predicted molar refractivity (Wildman–Crippen MR) is 79.1 cm³/mol. The monoisotopic (exact) mass is 308 g/mol. The fourth-order valence-electron chi connectivity index (χ4n) is 5.73. The zero-order valence-corrected chi connectivity index (χ0v) is 13.2. The highest BCUT2D eigenvalue weighted by molar-refractivity contribution is 5.86. The summed E-state index contributed by atoms with van der Waals surface area (Å²) in [7, 11) is 1.44. The minimum atomic E-state index is -1.08. The summed E-state index contributed by atoms with van der Waals surface area (Å²) in [6.07, 6.45) is 6.00. The first-order valence-corrected chi connectivity index (χ1v) is 8.00. The molecule has 0 aliphatic heterocycles. The number of hydrogen-bond acceptors (Lipinski definition) is 4. The van der Waals surface area contributed by atoms with Crippen molar-refractivity contribution in [3.8, 4) is 0 Å². The van der Waals surface area contributed by atoms with Gasteiger partial charge in [0.2, 0.25) is 0 Å². The number of aliphatic carboxylic acids is 1. The maximum atomic E-state index is 12.3. The van der Waals surface area contributed by atoms with Crippen molar-refractivity contribution < 1.29 is 24.5 Å². The van der Waals surface area contributed by atoms with Gasteiger partial charge in [-0.15, -0.1) is 0 Å². The maximum absolute atomic E-state index is 12.3. The number of carboxylic acid groups (broad SMARTS) is 1. The molecule has 0 aromatic rings. The summed E-state index contributed by atoms with van der Waals surface area (Å²) in [5.74, 6) is -0.236. The van der Waals surface area contributed by atoms with Gasteiger partial charge in [0.1, 0.15) is 5.76 Å². The number of aliphatic hydroxyl groups excluding tert-OH is 1. The van der Waals surface area contributed by atoms with Gasteiger partial charge in [-0.3, -0.25) is 4.79 Å². The average Bonchev–Trinajstić information content (AvgIpc) is 2.43. The Morgan fingerprint density at radius 2 is 1.73 bits per heavy atom. The average molecular weight is 308 g/mol. The fourth-order valence-corrected chi connectivity index (χ4v) is 5.73. The van der Waals surface area contributed by atoms with Crippen molar-refractivity contribution in [2.45, 2.75) is 51.9 Å². The number of hydrogen-bond donors (Lipinski definition) is 2. The molecular formula is C17H24O5. The van der Waals surface area contributed by atoms with Crippen molar-refractivity contribution in [3.05, 3.63) is 11.3 Å². The minimum Gasteiger partial charge on any atom is -0.512 e. The van der Waals surface area contributed by atoms with E-state index in [1.54, 1.807) is 0 Å². The zero-order chi connectivity index (χ0) is 16.1. The van der Waals surface area contributed by atoms with E-state index in [1.807, 2.05) is 0 Å². The highest BCUT2D eigenvalue weighted by atomic mass is 16.5. The second-order valence-electron chi connectivity index (χ2n) is 7.79. The Labute approximate surface area is 130 Å². The first-order chi connectivity index (χ1) is 10.3. The molecule has 0 heterocycles. The number of esters is 1. The number of carboxylic acids is 1. The highest BCUT2D eigenvalue weighted by Gasteiger charge is 2.61. The summed E-state index contributed by atoms with van der Waals surface area (Å²) in [5.41, 5.74) is -0.530. The van der Waals surface area contributed by atoms with Crippen LogP contribution < -0.4 is 0 Å². The number of carbonyl (C=O) groups is 2. The molecule has 4 bridgehead atoms. The summed E-state index contributed by atoms with van der Waals surface area (Å²) in [6.45, 7) is 1.44. The zero-order valence-electron chi connectivity index (χ0n) is 13.2. The second kappa shape index (κ2) is 5.00. The van der Waals surface area contributed by atoms with Crippen molar-refractivity contribution in [2.24, 2.45) is 22.7 Å². The van der Waals surface area contributed by atoms with E-state index in [0.29, 0.717) is 18.3 Å². The van der Waals surface area contributed by atoms with Crippen LogP contribution in [0.3, 0.4) is 0 Å². The lowest BCUT2D eigenvalue weighted by Crippen LogP contribution is -2.55. The van der Waals surface area contributed by atoms with Crippen molar-refractivity contribution >= 4 is 11.9 Å². The van der Waals surface area contributed by atoms with Gasteiger partial charge in [-0.2, -0.15) is 0 Å². The topological polar surface area (TPSA) is 83.8 Å². The summed E-state index contributed by atoms with van der Waals surface area (Å²) in [5, 5.41) is 19.3. The van der Waals surface area contributed by atoms with Crippen LogP contribution >= 0.6 is 0 Å². The third kappa shape index (κ3) is 2.31. The van der Waals surface area contributed by atoms with Crippen molar-refractivity contribution in [2.75, 3.05) is 7.11 Å². The standard InChI is InChI=1S/C17H24O5/c1-10(14(19)20)13(18)8-16-4-11-3-12(5-16)7-17(6-11,9-16)15(21)22-2/h11-12,18H,3-9H2,1-2H3,(H,19,20). The number of methoxy groups -OCH3 is 1. The van der Waals surface area contributed by atoms with E-state index in [1.165, 1.54) is 14.0 Å². The molecule has 5 nitrogen and oxygen atoms in total. The van der Waals surface area contributed by atoms with E-state index < -0.39 is 11.4 Å². The van der Waals surface area contributed by atoms with E-state index >= 15 is 0 Å². The molecule has 2 N–H and O–H groups in total. The molecule has 122 valence electrons. The number of carbonyl (C=O) groups excluding carboxylic acids is 1. The smallest absolute Gasteiger partial charge is 0.334 e. The molecule has 4 fully saturated rings. The molecule has 4 aliphatic carbocycles. The third-order valence-corrected chi connectivity index (χ3v) is 6.10. The van der Waals surface area contributed by atoms with Crippen LogP contribution in [0.2, 0.25) is 0 Å². The Morgan fingerprint density at radius 3 is 2.23 bits per heavy atom. The fraction of sp³-hybridized carbons (Fsp3) is 0.765. The van der Waals surface area contributed by atoms with E-state index in [-0.39, 0.29) is 22.7 Å². The molecule has 0 saturated heterocycles. The molecule has 5 heteroatoms. The summed E-state index contributed by atoms with van der Waals surface area (Å²) in [6, 6.07) is 0. The summed E-state index contributed by atoms with van der Waals surface area (Å²) in [4.78, 5) is 23.4. The molecule has 0 spiro atoms. The molecule has 2 unspecified atom stereocenters. The second-order valence-corrected chi connectivity index (χ2v) is 7.79. The molecule has 0 aromatic heterocycles. The molecule has 0 aromatic carbocycles. The predicted octanol–water partition coefficient (Wildman–Crippen LogP) is 3.05. The van der Waals surface area contributed by atoms with Gasteiger partial charge in [0.15, 0.2) is 0 Å². The lowest BCUT2D eigenvalue weighted by atomic mass is 9.43. The molecular weight excluding hydrogens is 284 g/mol. The van der Waals surface area contributed by atoms with Crippen LogP contribution in [0.5, 0.6) is 0 Å². The van der Waals surface area contributed by atoms with Crippen LogP contribution in [0.25, 0.3) is 0 Å². The van der Waals surface area contributed by atoms with Gasteiger partial charge in [-0.25, -0.2) is 4.79 Å². The lowest BCUT2D eigenvalue weighted by Gasteiger charge is -2.60. The molecule has 2 atom stereocenters. The van der Waals surface area contributed by atoms with Gasteiger partial charge in [-0.05, 0) is 62.7 Å². The van der Waals surface area contributed by atoms with Crippen molar-refractivity contribution in [3.63, 3.8) is 0 Å². The SMILES string of the molecule is COC(=O)C12CC3CC(CC(CC(O)=C(C)C(=O)O)(C3)C1)C2. The Kier molecular flexibility index (Phi) is 3.49. The van der Waals surface area contributed by atoms with Gasteiger partial charge in [-0.1, -0.05) is 0 Å². The quantitative estimate of drug-likeness (QED) is 0.474. The van der Waals surface area contributed by atoms with Crippen molar-refractivity contribution in [1.29, 1.82) is 0 Å². The largest absolute Gasteiger partial charge is 0.512 e. The molecule has 4 aliphatic rings. The summed E-state index contributed by atoms with van der Waals surface area (Å²) < 4.78 is 5.06. The first-order valence-electron chi connectivity index (χ1n) is 8.00. The first kappa shape index (κ1) is 15.4. The molecule has 22 heavy (non-hydrogen) atoms. The third-order valence-electron chi connectivity index (χ3n) is 6.10. The number of rotatable bonds is 4. The minimum absolute atomic E-state index is 0.0165. The van der Waals surface area contributed by atoms with Crippen LogP contribution in [0.4, 0.5) is 0 Å². The van der Waals surface area contributed by atoms with Crippen LogP contribution in [0, 0.1) is 22.7 Å². The normalized spacial score (nSPS) is 40.3. The van der Waals surface area contributed by atoms with E-state index in [0.717, 1.165) is 38.5 Å². The Bertz CT molecular complexity index is 533. The van der Waals surface area contributed by atoms with Gasteiger partial charge < -0.3 is 14.9 Å². The van der Waals surface area contributed by atoms with Gasteiger partial charge >= 0.3 is 11.9 Å². The van der Waals surface area contributed by atoms with Crippen LogP contribution in [0.1, 0.15) is 51.9 Å². The molecule has 0 amide bonds. The van der Waals surface area contributed by atoms with Crippen LogP contribution in [0.15, 0.2) is 11.3 Å². The molecule has 0 radical (unpaired) electrons. The molecule has 4 rings (SSSR count). The number of allylic oxidation sites excluding steroid dienone is 1. The highest BCUT2D eigenvalue weighted by Crippen LogP contribution is 2.67. The maximum Gasteiger partial charge on any atom is 0.334 e. The lowest BCUT2D eigenvalue weighted by molar-refractivity contribution is -0.178. The molecule has 4 saturated carbocycles. The number of ether oxygens (including phenoxy) is 1. The van der Waals surface area contributed by atoms with Crippen LogP contribution in [-0.4, -0.2) is 29.3 Å². The van der Waals surface area contributed by atoms with E-state index in [9.17, 15) is 14.7 Å². The van der Waals surface area contributed by atoms with Gasteiger partial charge in [0.25, 0.3) is 0 Å². The Hall–Kier alpha value is -1.52. The van der Waals surface area contributed by atoms with Gasteiger partial charge in [0.05, 0.1) is 18.1 Å². The van der Waals surface area contributed by atoms with E-state index in [2.05, 4.69) is 0 Å². The number of aliphatic hydroxyl groups is 1. The van der Waals surface area contributed by atoms with E-state index in [4.69, 9.17) is 9.84 Å². The van der Waals surface area contributed by atoms with Gasteiger partial charge in [0, 0.05) is 6.42 Å². The Balaban J connectivity index is 1.90.